The van der Waals surface area contributed by atoms with Crippen LogP contribution in [0.5, 0.6) is 11.5 Å². The first-order chi connectivity index (χ1) is 16.2. The van der Waals surface area contributed by atoms with E-state index in [2.05, 4.69) is 15.5 Å². The molecule has 1 aliphatic heterocycles. The Kier molecular flexibility index (Phi) is 4.32. The first-order valence-corrected chi connectivity index (χ1v) is 10.3. The summed E-state index contributed by atoms with van der Waals surface area (Å²) < 4.78 is 13.1. The van der Waals surface area contributed by atoms with Crippen LogP contribution in [0.2, 0.25) is 0 Å². The first kappa shape index (κ1) is 19.1. The zero-order valence-electron chi connectivity index (χ0n) is 17.3. The van der Waals surface area contributed by atoms with Gasteiger partial charge in [0.25, 0.3) is 5.56 Å². The number of ether oxygens (including phenoxy) is 2. The van der Waals surface area contributed by atoms with Crippen LogP contribution in [-0.4, -0.2) is 32.1 Å². The minimum Gasteiger partial charge on any atom is -0.454 e. The van der Waals surface area contributed by atoms with Crippen molar-refractivity contribution in [3.63, 3.8) is 0 Å². The molecule has 0 spiro atoms. The van der Waals surface area contributed by atoms with Gasteiger partial charge in [0.1, 0.15) is 18.4 Å². The van der Waals surface area contributed by atoms with Crippen molar-refractivity contribution in [2.45, 2.75) is 6.54 Å². The molecule has 5 aromatic rings. The van der Waals surface area contributed by atoms with Crippen LogP contribution < -0.4 is 20.3 Å². The van der Waals surface area contributed by atoms with E-state index in [1.165, 1.54) is 10.8 Å². The second kappa shape index (κ2) is 7.49. The van der Waals surface area contributed by atoms with Crippen LogP contribution in [-0.2, 0) is 11.3 Å². The third-order valence-corrected chi connectivity index (χ3v) is 5.50. The molecular weight excluding hydrogens is 422 g/mol. The lowest BCUT2D eigenvalue weighted by Gasteiger charge is -2.07. The standard InChI is InChI=1S/C24H17N5O4/c30-23(26-16-8-9-21-22(10-16)33-14-32-21)12-28-24(31)20-11-19(27-29(20)13-25-28)18-7-3-5-15-4-1-2-6-17(15)18/h1-11,13H,12,14H2,(H,26,30). The van der Waals surface area contributed by atoms with E-state index in [0.717, 1.165) is 21.0 Å². The molecule has 1 N–H and O–H groups in total. The Labute approximate surface area is 186 Å². The van der Waals surface area contributed by atoms with Gasteiger partial charge in [-0.2, -0.15) is 10.2 Å². The van der Waals surface area contributed by atoms with Crippen LogP contribution in [0, 0.1) is 0 Å². The van der Waals surface area contributed by atoms with E-state index >= 15 is 0 Å². The maximum Gasteiger partial charge on any atom is 0.293 e. The predicted molar refractivity (Wildman–Crippen MR) is 121 cm³/mol. The second-order valence-corrected chi connectivity index (χ2v) is 7.60. The number of carbonyl (C=O) groups excluding carboxylic acids is 1. The number of hydrogen-bond donors (Lipinski definition) is 1. The molecule has 0 saturated heterocycles. The van der Waals surface area contributed by atoms with Gasteiger partial charge in [0.05, 0.1) is 5.69 Å². The molecule has 162 valence electrons. The van der Waals surface area contributed by atoms with Crippen molar-refractivity contribution in [2.24, 2.45) is 0 Å². The summed E-state index contributed by atoms with van der Waals surface area (Å²) in [6.45, 7) is -0.0866. The largest absolute Gasteiger partial charge is 0.454 e. The number of amides is 1. The molecule has 9 heteroatoms. The van der Waals surface area contributed by atoms with Gasteiger partial charge in [0.15, 0.2) is 11.5 Å². The Morgan fingerprint density at radius 3 is 2.79 bits per heavy atom. The Balaban J connectivity index is 1.29. The average Bonchev–Trinajstić information content (AvgIpc) is 3.47. The third kappa shape index (κ3) is 3.35. The summed E-state index contributed by atoms with van der Waals surface area (Å²) in [4.78, 5) is 25.5. The summed E-state index contributed by atoms with van der Waals surface area (Å²) in [6.07, 6.45) is 1.43. The molecule has 0 bridgehead atoms. The lowest BCUT2D eigenvalue weighted by Crippen LogP contribution is -2.30. The van der Waals surface area contributed by atoms with Crippen molar-refractivity contribution in [2.75, 3.05) is 12.1 Å². The highest BCUT2D eigenvalue weighted by atomic mass is 16.7. The summed E-state index contributed by atoms with van der Waals surface area (Å²) >= 11 is 0. The first-order valence-electron chi connectivity index (χ1n) is 10.3. The molecule has 0 unspecified atom stereocenters. The highest BCUT2D eigenvalue weighted by Crippen LogP contribution is 2.34. The maximum absolute atomic E-state index is 13.0. The summed E-state index contributed by atoms with van der Waals surface area (Å²) in [7, 11) is 0. The molecule has 33 heavy (non-hydrogen) atoms. The number of benzene rings is 3. The maximum atomic E-state index is 13.0. The Morgan fingerprint density at radius 2 is 1.85 bits per heavy atom. The number of hydrogen-bond acceptors (Lipinski definition) is 6. The molecule has 2 aromatic heterocycles. The van der Waals surface area contributed by atoms with E-state index in [1.54, 1.807) is 24.3 Å². The molecule has 9 nitrogen and oxygen atoms in total. The van der Waals surface area contributed by atoms with Gasteiger partial charge in [-0.1, -0.05) is 42.5 Å². The van der Waals surface area contributed by atoms with Gasteiger partial charge in [-0.05, 0) is 29.0 Å². The number of nitrogens with zero attached hydrogens (tertiary/aromatic N) is 4. The van der Waals surface area contributed by atoms with Gasteiger partial charge >= 0.3 is 0 Å². The third-order valence-electron chi connectivity index (χ3n) is 5.50. The molecule has 0 aliphatic carbocycles. The monoisotopic (exact) mass is 439 g/mol. The van der Waals surface area contributed by atoms with Crippen molar-refractivity contribution in [3.05, 3.63) is 83.4 Å². The van der Waals surface area contributed by atoms with Crippen molar-refractivity contribution in [1.29, 1.82) is 0 Å². The zero-order chi connectivity index (χ0) is 22.4. The van der Waals surface area contributed by atoms with Crippen LogP contribution in [0.4, 0.5) is 5.69 Å². The van der Waals surface area contributed by atoms with Crippen LogP contribution in [0.15, 0.2) is 77.9 Å². The molecule has 1 amide bonds. The van der Waals surface area contributed by atoms with E-state index in [4.69, 9.17) is 9.47 Å². The molecule has 0 radical (unpaired) electrons. The number of rotatable bonds is 4. The minimum absolute atomic E-state index is 0.151. The zero-order valence-corrected chi connectivity index (χ0v) is 17.3. The average molecular weight is 439 g/mol. The van der Waals surface area contributed by atoms with Gasteiger partial charge in [-0.25, -0.2) is 9.20 Å². The molecule has 6 rings (SSSR count). The normalized spacial score (nSPS) is 12.4. The van der Waals surface area contributed by atoms with Gasteiger partial charge < -0.3 is 14.8 Å². The van der Waals surface area contributed by atoms with Crippen molar-refractivity contribution in [3.8, 4) is 22.8 Å². The number of aromatic nitrogens is 4. The summed E-state index contributed by atoms with van der Waals surface area (Å²) in [6, 6.07) is 20.8. The predicted octanol–water partition coefficient (Wildman–Crippen LogP) is 3.08. The van der Waals surface area contributed by atoms with Crippen molar-refractivity contribution >= 4 is 27.9 Å². The number of nitrogens with one attached hydrogen (secondary N) is 1. The van der Waals surface area contributed by atoms with E-state index in [0.29, 0.717) is 28.4 Å². The molecule has 3 heterocycles. The van der Waals surface area contributed by atoms with E-state index < -0.39 is 5.56 Å². The second-order valence-electron chi connectivity index (χ2n) is 7.60. The van der Waals surface area contributed by atoms with E-state index in [-0.39, 0.29) is 19.2 Å². The van der Waals surface area contributed by atoms with Crippen LogP contribution in [0.25, 0.3) is 27.5 Å². The molecule has 0 fully saturated rings. The van der Waals surface area contributed by atoms with E-state index in [1.807, 2.05) is 42.5 Å². The lowest BCUT2D eigenvalue weighted by molar-refractivity contribution is -0.117. The van der Waals surface area contributed by atoms with Gasteiger partial charge in [0.2, 0.25) is 12.7 Å². The van der Waals surface area contributed by atoms with Crippen molar-refractivity contribution < 1.29 is 14.3 Å². The molecule has 1 aliphatic rings. The number of fused-ring (bicyclic) bond motifs is 3. The highest BCUT2D eigenvalue weighted by molar-refractivity contribution is 5.96. The van der Waals surface area contributed by atoms with Gasteiger partial charge in [-0.3, -0.25) is 9.59 Å². The fraction of sp³-hybridized carbons (Fsp3) is 0.0833. The Bertz CT molecular complexity index is 1600. The highest BCUT2D eigenvalue weighted by Gasteiger charge is 2.16. The van der Waals surface area contributed by atoms with E-state index in [9.17, 15) is 9.59 Å². The topological polar surface area (TPSA) is 99.8 Å². The van der Waals surface area contributed by atoms with Gasteiger partial charge in [-0.15, -0.1) is 0 Å². The smallest absolute Gasteiger partial charge is 0.293 e. The minimum atomic E-state index is -0.405. The number of anilines is 1. The Morgan fingerprint density at radius 1 is 1.00 bits per heavy atom. The SMILES string of the molecule is O=C(Cn1ncn2nc(-c3cccc4ccccc34)cc2c1=O)Nc1ccc2c(c1)OCO2. The fourth-order valence-electron chi connectivity index (χ4n) is 3.94. The summed E-state index contributed by atoms with van der Waals surface area (Å²) in [5, 5.41) is 13.5. The van der Waals surface area contributed by atoms with Gasteiger partial charge in [0, 0.05) is 17.3 Å². The lowest BCUT2D eigenvalue weighted by atomic mass is 10.0. The van der Waals surface area contributed by atoms with Crippen LogP contribution in [0.3, 0.4) is 0 Å². The quantitative estimate of drug-likeness (QED) is 0.462. The van der Waals surface area contributed by atoms with Crippen molar-refractivity contribution in [1.82, 2.24) is 19.4 Å². The molecule has 0 saturated carbocycles. The summed E-state index contributed by atoms with van der Waals surface area (Å²) in [5.41, 5.74) is 2.05. The Hall–Kier alpha value is -4.66. The molecule has 0 atom stereocenters. The number of carbonyl (C=O) groups is 1. The molecule has 3 aromatic carbocycles. The van der Waals surface area contributed by atoms with Crippen LogP contribution >= 0.6 is 0 Å². The molecular formula is C24H17N5O4. The fourth-order valence-corrected chi connectivity index (χ4v) is 3.94. The summed E-state index contributed by atoms with van der Waals surface area (Å²) in [5.74, 6) is 0.797. The van der Waals surface area contributed by atoms with Crippen LogP contribution in [0.1, 0.15) is 0 Å².